The molecule has 41 heavy (non-hydrogen) atoms. The highest BCUT2D eigenvalue weighted by atomic mass is 32.2. The molecule has 0 aliphatic heterocycles. The predicted molar refractivity (Wildman–Crippen MR) is 166 cm³/mol. The molecule has 214 valence electrons. The van der Waals surface area contributed by atoms with E-state index in [-0.39, 0.29) is 23.5 Å². The Morgan fingerprint density at radius 2 is 1.80 bits per heavy atom. The molecule has 4 aromatic rings. The zero-order valence-electron chi connectivity index (χ0n) is 23.5. The summed E-state index contributed by atoms with van der Waals surface area (Å²) in [6.07, 6.45) is 7.10. The Morgan fingerprint density at radius 1 is 1.02 bits per heavy atom. The molecule has 0 fully saturated rings. The van der Waals surface area contributed by atoms with E-state index < -0.39 is 0 Å². The number of nitrogens with one attached hydrogen (secondary N) is 2. The number of rotatable bonds is 10. The molecule has 0 atom stereocenters. The van der Waals surface area contributed by atoms with Gasteiger partial charge in [0.05, 0.1) is 17.9 Å². The molecule has 0 saturated heterocycles. The van der Waals surface area contributed by atoms with Crippen LogP contribution in [0.15, 0.2) is 59.6 Å². The van der Waals surface area contributed by atoms with E-state index in [0.717, 1.165) is 59.0 Å². The number of para-hydroxylation sites is 1. The van der Waals surface area contributed by atoms with E-state index in [0.29, 0.717) is 35.8 Å². The third-order valence-corrected chi connectivity index (χ3v) is 9.47. The fourth-order valence-electron chi connectivity index (χ4n) is 5.17. The van der Waals surface area contributed by atoms with Crippen LogP contribution in [0.4, 0.5) is 5.00 Å². The van der Waals surface area contributed by atoms with Gasteiger partial charge in [-0.05, 0) is 63.3 Å². The molecule has 2 aromatic carbocycles. The number of fused-ring (bicyclic) bond motifs is 2. The molecule has 2 heterocycles. The van der Waals surface area contributed by atoms with Gasteiger partial charge in [-0.25, -0.2) is 4.79 Å². The zero-order chi connectivity index (χ0) is 28.8. The molecule has 9 heteroatoms. The topological polar surface area (TPSA) is 89.4 Å². The Bertz CT molecular complexity index is 1560. The van der Waals surface area contributed by atoms with Crippen LogP contribution in [-0.4, -0.2) is 41.3 Å². The minimum Gasteiger partial charge on any atom is -0.462 e. The Labute approximate surface area is 248 Å². The summed E-state index contributed by atoms with van der Waals surface area (Å²) < 4.78 is 7.47. The molecule has 2 N–H and O–H groups in total. The first-order chi connectivity index (χ1) is 19.9. The highest BCUT2D eigenvalue weighted by molar-refractivity contribution is 8.00. The molecule has 1 aliphatic rings. The minimum absolute atomic E-state index is 0.0965. The lowest BCUT2D eigenvalue weighted by atomic mass is 10.1. The molecule has 2 amide bonds. The highest BCUT2D eigenvalue weighted by Crippen LogP contribution is 2.38. The molecule has 0 bridgehead atoms. The van der Waals surface area contributed by atoms with Crippen molar-refractivity contribution in [2.45, 2.75) is 57.4 Å². The first kappa shape index (κ1) is 29.0. The van der Waals surface area contributed by atoms with Crippen LogP contribution in [0.25, 0.3) is 10.9 Å². The first-order valence-electron chi connectivity index (χ1n) is 14.1. The van der Waals surface area contributed by atoms with Gasteiger partial charge in [0.15, 0.2) is 0 Å². The van der Waals surface area contributed by atoms with E-state index in [4.69, 9.17) is 4.74 Å². The summed E-state index contributed by atoms with van der Waals surface area (Å²) in [4.78, 5) is 40.7. The van der Waals surface area contributed by atoms with Crippen LogP contribution in [0.2, 0.25) is 0 Å². The van der Waals surface area contributed by atoms with E-state index >= 15 is 0 Å². The maximum Gasteiger partial charge on any atom is 0.341 e. The SMILES string of the molecule is CCOC(=O)c1c(NC(=O)CSc2cn(CCNC(=O)c3ccc(C)cc3)c3ccccc23)sc2c1CCCCC2. The van der Waals surface area contributed by atoms with E-state index in [2.05, 4.69) is 15.2 Å². The normalized spacial score (nSPS) is 12.9. The summed E-state index contributed by atoms with van der Waals surface area (Å²) in [6.45, 7) is 5.18. The number of carbonyl (C=O) groups excluding carboxylic acids is 3. The van der Waals surface area contributed by atoms with Crippen molar-refractivity contribution < 1.29 is 19.1 Å². The standard InChI is InChI=1S/C32H35N3O4S2/c1-3-39-32(38)29-24-10-5-4-6-12-26(24)41-31(29)34-28(36)20-40-27-19-35(25-11-8-7-9-23(25)27)18-17-33-30(37)22-15-13-21(2)14-16-22/h7-9,11,13-16,19H,3-6,10,12,17-18,20H2,1-2H3,(H,33,37)(H,34,36). The smallest absolute Gasteiger partial charge is 0.341 e. The maximum absolute atomic E-state index is 13.1. The molecule has 2 aromatic heterocycles. The largest absolute Gasteiger partial charge is 0.462 e. The van der Waals surface area contributed by atoms with Gasteiger partial charge in [-0.2, -0.15) is 0 Å². The molecule has 0 unspecified atom stereocenters. The number of thioether (sulfide) groups is 1. The summed E-state index contributed by atoms with van der Waals surface area (Å²) >= 11 is 2.98. The second-order valence-electron chi connectivity index (χ2n) is 10.2. The van der Waals surface area contributed by atoms with Gasteiger partial charge in [0, 0.05) is 45.5 Å². The quantitative estimate of drug-likeness (QED) is 0.123. The van der Waals surface area contributed by atoms with E-state index in [1.165, 1.54) is 28.0 Å². The van der Waals surface area contributed by atoms with Gasteiger partial charge < -0.3 is 19.9 Å². The fraction of sp³-hybridized carbons (Fsp3) is 0.344. The average molecular weight is 590 g/mol. The molecule has 0 spiro atoms. The van der Waals surface area contributed by atoms with Gasteiger partial charge in [-0.15, -0.1) is 23.1 Å². The highest BCUT2D eigenvalue weighted by Gasteiger charge is 2.26. The number of hydrogen-bond acceptors (Lipinski definition) is 6. The molecule has 7 nitrogen and oxygen atoms in total. The summed E-state index contributed by atoms with van der Waals surface area (Å²) in [6, 6.07) is 15.6. The van der Waals surface area contributed by atoms with Crippen LogP contribution >= 0.6 is 23.1 Å². The monoisotopic (exact) mass is 589 g/mol. The summed E-state index contributed by atoms with van der Waals surface area (Å²) in [5.41, 5.74) is 4.39. The van der Waals surface area contributed by atoms with Gasteiger partial charge in [0.1, 0.15) is 5.00 Å². The Balaban J connectivity index is 1.25. The van der Waals surface area contributed by atoms with Crippen molar-refractivity contribution in [2.24, 2.45) is 0 Å². The van der Waals surface area contributed by atoms with Crippen LogP contribution < -0.4 is 10.6 Å². The van der Waals surface area contributed by atoms with E-state index in [9.17, 15) is 14.4 Å². The van der Waals surface area contributed by atoms with E-state index in [1.807, 2.05) is 61.7 Å². The number of carbonyl (C=O) groups is 3. The number of ether oxygens (including phenoxy) is 1. The fourth-order valence-corrected chi connectivity index (χ4v) is 7.35. The Morgan fingerprint density at radius 3 is 2.61 bits per heavy atom. The average Bonchev–Trinajstić information content (AvgIpc) is 3.40. The lowest BCUT2D eigenvalue weighted by Crippen LogP contribution is -2.27. The molecule has 0 saturated carbocycles. The number of anilines is 1. The van der Waals surface area contributed by atoms with Crippen LogP contribution in [0.1, 0.15) is 62.9 Å². The number of aryl methyl sites for hydroxylation is 2. The van der Waals surface area contributed by atoms with Gasteiger partial charge >= 0.3 is 5.97 Å². The van der Waals surface area contributed by atoms with Crippen molar-refractivity contribution in [3.8, 4) is 0 Å². The predicted octanol–water partition coefficient (Wildman–Crippen LogP) is 6.62. The maximum atomic E-state index is 13.1. The Kier molecular flexibility index (Phi) is 9.46. The molecule has 0 radical (unpaired) electrons. The van der Waals surface area contributed by atoms with Crippen LogP contribution in [-0.2, 0) is 28.9 Å². The van der Waals surface area contributed by atoms with E-state index in [1.54, 1.807) is 6.92 Å². The third kappa shape index (κ3) is 6.85. The second kappa shape index (κ2) is 13.4. The number of thiophene rings is 1. The lowest BCUT2D eigenvalue weighted by molar-refractivity contribution is -0.113. The lowest BCUT2D eigenvalue weighted by Gasteiger charge is -2.08. The summed E-state index contributed by atoms with van der Waals surface area (Å²) in [7, 11) is 0. The van der Waals surface area contributed by atoms with Crippen molar-refractivity contribution in [1.82, 2.24) is 9.88 Å². The molecule has 5 rings (SSSR count). The summed E-state index contributed by atoms with van der Waals surface area (Å²) in [5, 5.41) is 7.69. The minimum atomic E-state index is -0.354. The van der Waals surface area contributed by atoms with Crippen molar-refractivity contribution in [1.29, 1.82) is 0 Å². The summed E-state index contributed by atoms with van der Waals surface area (Å²) in [5.74, 6) is -0.393. The zero-order valence-corrected chi connectivity index (χ0v) is 25.1. The van der Waals surface area contributed by atoms with Gasteiger partial charge in [0.2, 0.25) is 5.91 Å². The second-order valence-corrected chi connectivity index (χ2v) is 12.3. The molecular weight excluding hydrogens is 555 g/mol. The van der Waals surface area contributed by atoms with Crippen molar-refractivity contribution in [3.05, 3.63) is 81.9 Å². The van der Waals surface area contributed by atoms with Crippen molar-refractivity contribution in [3.63, 3.8) is 0 Å². The van der Waals surface area contributed by atoms with Crippen molar-refractivity contribution in [2.75, 3.05) is 24.2 Å². The Hall–Kier alpha value is -3.56. The number of nitrogens with zero attached hydrogens (tertiary/aromatic N) is 1. The number of benzene rings is 2. The van der Waals surface area contributed by atoms with Gasteiger partial charge in [0.25, 0.3) is 5.91 Å². The van der Waals surface area contributed by atoms with Crippen LogP contribution in [0, 0.1) is 6.92 Å². The number of hydrogen-bond donors (Lipinski definition) is 2. The molecular formula is C32H35N3O4S2. The van der Waals surface area contributed by atoms with Gasteiger partial charge in [-0.3, -0.25) is 9.59 Å². The van der Waals surface area contributed by atoms with Crippen molar-refractivity contribution >= 4 is 56.8 Å². The third-order valence-electron chi connectivity index (χ3n) is 7.22. The number of amides is 2. The number of aromatic nitrogens is 1. The van der Waals surface area contributed by atoms with Crippen LogP contribution in [0.5, 0.6) is 0 Å². The van der Waals surface area contributed by atoms with Crippen LogP contribution in [0.3, 0.4) is 0 Å². The van der Waals surface area contributed by atoms with Gasteiger partial charge in [-0.1, -0.05) is 42.3 Å². The number of esters is 1. The first-order valence-corrected chi connectivity index (χ1v) is 15.9. The molecule has 1 aliphatic carbocycles.